The van der Waals surface area contributed by atoms with E-state index in [9.17, 15) is 0 Å². The molecule has 0 saturated heterocycles. The van der Waals surface area contributed by atoms with Gasteiger partial charge in [0.2, 0.25) is 0 Å². The van der Waals surface area contributed by atoms with Gasteiger partial charge in [0, 0.05) is 12.2 Å². The van der Waals surface area contributed by atoms with Gasteiger partial charge in [0.1, 0.15) is 0 Å². The van der Waals surface area contributed by atoms with Crippen molar-refractivity contribution in [1.82, 2.24) is 0 Å². The maximum absolute atomic E-state index is 3.49. The highest BCUT2D eigenvalue weighted by Gasteiger charge is 2.12. The van der Waals surface area contributed by atoms with E-state index in [4.69, 9.17) is 0 Å². The predicted molar refractivity (Wildman–Crippen MR) is 88.4 cm³/mol. The highest BCUT2D eigenvalue weighted by Crippen LogP contribution is 2.23. The quantitative estimate of drug-likeness (QED) is 0.804. The van der Waals surface area contributed by atoms with Gasteiger partial charge in [-0.25, -0.2) is 0 Å². The van der Waals surface area contributed by atoms with Crippen molar-refractivity contribution in [3.05, 3.63) is 64.7 Å². The molecule has 0 bridgehead atoms. The van der Waals surface area contributed by atoms with Gasteiger partial charge in [-0.2, -0.15) is 0 Å². The molecule has 0 atom stereocenters. The zero-order chi connectivity index (χ0) is 14.8. The average molecular weight is 267 g/mol. The Bertz CT molecular complexity index is 574. The molecule has 1 N–H and O–H groups in total. The summed E-state index contributed by atoms with van der Waals surface area (Å²) in [6, 6.07) is 15.4. The highest BCUT2D eigenvalue weighted by molar-refractivity contribution is 5.46. The third kappa shape index (κ3) is 3.63. The zero-order valence-electron chi connectivity index (χ0n) is 13.2. The molecule has 0 aliphatic rings. The van der Waals surface area contributed by atoms with E-state index in [2.05, 4.69) is 82.4 Å². The lowest BCUT2D eigenvalue weighted by atomic mass is 9.87. The number of hydrogen-bond donors (Lipinski definition) is 1. The summed E-state index contributed by atoms with van der Waals surface area (Å²) >= 11 is 0. The van der Waals surface area contributed by atoms with Crippen LogP contribution in [0.4, 0.5) is 5.69 Å². The van der Waals surface area contributed by atoms with Crippen LogP contribution in [0.1, 0.15) is 43.0 Å². The van der Waals surface area contributed by atoms with Gasteiger partial charge in [-0.15, -0.1) is 0 Å². The lowest BCUT2D eigenvalue weighted by Gasteiger charge is -2.19. The maximum atomic E-state index is 3.49. The predicted octanol–water partition coefficient (Wildman–Crippen LogP) is 5.21. The van der Waals surface area contributed by atoms with Crippen LogP contribution in [0.15, 0.2) is 42.5 Å². The van der Waals surface area contributed by atoms with Crippen molar-refractivity contribution in [1.29, 1.82) is 0 Å². The molecule has 0 unspecified atom stereocenters. The number of hydrogen-bond acceptors (Lipinski definition) is 1. The number of nitrogens with one attached hydrogen (secondary N) is 1. The van der Waals surface area contributed by atoms with Crippen molar-refractivity contribution in [2.24, 2.45) is 0 Å². The van der Waals surface area contributed by atoms with Crippen molar-refractivity contribution in [3.63, 3.8) is 0 Å². The fourth-order valence-electron chi connectivity index (χ4n) is 2.21. The first-order chi connectivity index (χ1) is 9.36. The Hall–Kier alpha value is -1.76. The summed E-state index contributed by atoms with van der Waals surface area (Å²) in [6.07, 6.45) is 0. The summed E-state index contributed by atoms with van der Waals surface area (Å²) in [5, 5.41) is 3.49. The molecular weight excluding hydrogens is 242 g/mol. The SMILES string of the molecule is Cc1ccc(CNc2ccc(C(C)(C)C)cc2)cc1C. The number of rotatable bonds is 3. The van der Waals surface area contributed by atoms with E-state index in [0.29, 0.717) is 0 Å². The molecule has 2 rings (SSSR count). The van der Waals surface area contributed by atoms with E-state index >= 15 is 0 Å². The van der Waals surface area contributed by atoms with Crippen LogP contribution in [0, 0.1) is 13.8 Å². The zero-order valence-corrected chi connectivity index (χ0v) is 13.2. The Labute approximate surface area is 123 Å². The number of aryl methyl sites for hydroxylation is 2. The van der Waals surface area contributed by atoms with Crippen LogP contribution < -0.4 is 5.32 Å². The molecule has 0 radical (unpaired) electrons. The minimum absolute atomic E-state index is 0.215. The van der Waals surface area contributed by atoms with Crippen LogP contribution in [0.5, 0.6) is 0 Å². The Morgan fingerprint density at radius 1 is 0.850 bits per heavy atom. The topological polar surface area (TPSA) is 12.0 Å². The third-order valence-electron chi connectivity index (χ3n) is 3.82. The second kappa shape index (κ2) is 5.70. The molecule has 2 aromatic carbocycles. The van der Waals surface area contributed by atoms with Crippen molar-refractivity contribution < 1.29 is 0 Å². The van der Waals surface area contributed by atoms with E-state index in [1.54, 1.807) is 0 Å². The fraction of sp³-hybridized carbons (Fsp3) is 0.368. The Balaban J connectivity index is 2.02. The Morgan fingerprint density at radius 2 is 1.50 bits per heavy atom. The minimum Gasteiger partial charge on any atom is -0.381 e. The standard InChI is InChI=1S/C19H25N/c1-14-6-7-16(12-15(14)2)13-20-18-10-8-17(9-11-18)19(3,4)5/h6-12,20H,13H2,1-5H3. The lowest BCUT2D eigenvalue weighted by Crippen LogP contribution is -2.10. The van der Waals surface area contributed by atoms with Crippen LogP contribution in [-0.4, -0.2) is 0 Å². The lowest BCUT2D eigenvalue weighted by molar-refractivity contribution is 0.590. The molecule has 1 heteroatoms. The van der Waals surface area contributed by atoms with Crippen LogP contribution in [-0.2, 0) is 12.0 Å². The first kappa shape index (κ1) is 14.6. The summed E-state index contributed by atoms with van der Waals surface area (Å²) in [4.78, 5) is 0. The van der Waals surface area contributed by atoms with E-state index in [1.165, 1.54) is 27.9 Å². The van der Waals surface area contributed by atoms with E-state index in [-0.39, 0.29) is 5.41 Å². The molecular formula is C19H25N. The van der Waals surface area contributed by atoms with E-state index < -0.39 is 0 Å². The van der Waals surface area contributed by atoms with Gasteiger partial charge in [0.05, 0.1) is 0 Å². The smallest absolute Gasteiger partial charge is 0.0400 e. The second-order valence-electron chi connectivity index (χ2n) is 6.60. The van der Waals surface area contributed by atoms with Gasteiger partial charge < -0.3 is 5.32 Å². The first-order valence-electron chi connectivity index (χ1n) is 7.27. The monoisotopic (exact) mass is 267 g/mol. The van der Waals surface area contributed by atoms with Crippen LogP contribution in [0.25, 0.3) is 0 Å². The van der Waals surface area contributed by atoms with Crippen LogP contribution in [0.2, 0.25) is 0 Å². The molecule has 0 spiro atoms. The molecule has 0 aliphatic heterocycles. The summed E-state index contributed by atoms with van der Waals surface area (Å²) < 4.78 is 0. The highest BCUT2D eigenvalue weighted by atomic mass is 14.9. The van der Waals surface area contributed by atoms with E-state index in [0.717, 1.165) is 6.54 Å². The molecule has 0 fully saturated rings. The molecule has 20 heavy (non-hydrogen) atoms. The van der Waals surface area contributed by atoms with Gasteiger partial charge in [-0.1, -0.05) is 51.1 Å². The molecule has 1 nitrogen and oxygen atoms in total. The molecule has 0 saturated carbocycles. The van der Waals surface area contributed by atoms with Gasteiger partial charge in [0.25, 0.3) is 0 Å². The largest absolute Gasteiger partial charge is 0.381 e. The summed E-state index contributed by atoms with van der Waals surface area (Å²) in [5.41, 5.74) is 6.79. The summed E-state index contributed by atoms with van der Waals surface area (Å²) in [5.74, 6) is 0. The van der Waals surface area contributed by atoms with Crippen LogP contribution in [0.3, 0.4) is 0 Å². The minimum atomic E-state index is 0.215. The second-order valence-corrected chi connectivity index (χ2v) is 6.60. The molecule has 0 amide bonds. The number of benzene rings is 2. The summed E-state index contributed by atoms with van der Waals surface area (Å²) in [6.45, 7) is 11.9. The van der Waals surface area contributed by atoms with Crippen LogP contribution >= 0.6 is 0 Å². The molecule has 106 valence electrons. The van der Waals surface area contributed by atoms with Gasteiger partial charge in [0.15, 0.2) is 0 Å². The fourth-order valence-corrected chi connectivity index (χ4v) is 2.21. The van der Waals surface area contributed by atoms with Crippen molar-refractivity contribution in [3.8, 4) is 0 Å². The number of anilines is 1. The molecule has 2 aromatic rings. The van der Waals surface area contributed by atoms with Crippen molar-refractivity contribution in [2.75, 3.05) is 5.32 Å². The average Bonchev–Trinajstić information content (AvgIpc) is 2.40. The molecule has 0 heterocycles. The first-order valence-corrected chi connectivity index (χ1v) is 7.27. The maximum Gasteiger partial charge on any atom is 0.0400 e. The van der Waals surface area contributed by atoms with Crippen molar-refractivity contribution in [2.45, 2.75) is 46.6 Å². The normalized spacial score (nSPS) is 11.4. The Kier molecular flexibility index (Phi) is 4.17. The molecule has 0 aliphatic carbocycles. The van der Waals surface area contributed by atoms with Gasteiger partial charge in [-0.3, -0.25) is 0 Å². The van der Waals surface area contributed by atoms with E-state index in [1.807, 2.05) is 0 Å². The summed E-state index contributed by atoms with van der Waals surface area (Å²) in [7, 11) is 0. The third-order valence-corrected chi connectivity index (χ3v) is 3.82. The van der Waals surface area contributed by atoms with Gasteiger partial charge >= 0.3 is 0 Å². The Morgan fingerprint density at radius 3 is 2.05 bits per heavy atom. The van der Waals surface area contributed by atoms with Crippen molar-refractivity contribution >= 4 is 5.69 Å². The molecule has 0 aromatic heterocycles. The van der Waals surface area contributed by atoms with Gasteiger partial charge in [-0.05, 0) is 53.6 Å².